The molecule has 0 unspecified atom stereocenters. The lowest BCUT2D eigenvalue weighted by Gasteiger charge is -2.21. The third kappa shape index (κ3) is 3.16. The summed E-state index contributed by atoms with van der Waals surface area (Å²) >= 11 is 0. The zero-order valence-corrected chi connectivity index (χ0v) is 13.8. The number of carbonyl (C=O) groups excluding carboxylic acids is 1. The predicted octanol–water partition coefficient (Wildman–Crippen LogP) is 2.72. The molecule has 6 nitrogen and oxygen atoms in total. The van der Waals surface area contributed by atoms with Gasteiger partial charge in [-0.25, -0.2) is 4.79 Å². The molecule has 0 radical (unpaired) electrons. The van der Waals surface area contributed by atoms with Crippen molar-refractivity contribution in [1.82, 2.24) is 14.7 Å². The Labute approximate surface area is 136 Å². The van der Waals surface area contributed by atoms with Gasteiger partial charge in [0.1, 0.15) is 0 Å². The molecule has 6 heteroatoms. The Kier molecular flexibility index (Phi) is 4.23. The Morgan fingerprint density at radius 1 is 1.30 bits per heavy atom. The Morgan fingerprint density at radius 2 is 2.04 bits per heavy atom. The predicted molar refractivity (Wildman–Crippen MR) is 88.7 cm³/mol. The summed E-state index contributed by atoms with van der Waals surface area (Å²) in [4.78, 5) is 14.4. The fourth-order valence-corrected chi connectivity index (χ4v) is 2.91. The van der Waals surface area contributed by atoms with Crippen LogP contribution in [0.2, 0.25) is 0 Å². The van der Waals surface area contributed by atoms with E-state index in [1.54, 1.807) is 7.11 Å². The normalized spacial score (nSPS) is 14.1. The number of aromatic nitrogens is 2. The summed E-state index contributed by atoms with van der Waals surface area (Å²) < 4.78 is 7.15. The second kappa shape index (κ2) is 6.32. The highest BCUT2D eigenvalue weighted by Crippen LogP contribution is 2.26. The first-order valence-corrected chi connectivity index (χ1v) is 7.80. The number of fused-ring (bicyclic) bond motifs is 1. The van der Waals surface area contributed by atoms with Gasteiger partial charge in [0.15, 0.2) is 0 Å². The van der Waals surface area contributed by atoms with Crippen molar-refractivity contribution in [3.05, 3.63) is 41.1 Å². The van der Waals surface area contributed by atoms with Gasteiger partial charge in [0, 0.05) is 24.8 Å². The van der Waals surface area contributed by atoms with Crippen LogP contribution < -0.4 is 10.1 Å². The minimum atomic E-state index is -0.0816. The average Bonchev–Trinajstić information content (AvgIpc) is 2.73. The maximum absolute atomic E-state index is 12.6. The molecule has 1 aliphatic rings. The Morgan fingerprint density at radius 3 is 2.74 bits per heavy atom. The van der Waals surface area contributed by atoms with Crippen molar-refractivity contribution < 1.29 is 9.53 Å². The quantitative estimate of drug-likeness (QED) is 0.927. The minimum absolute atomic E-state index is 0.0816. The third-order valence-electron chi connectivity index (χ3n) is 4.22. The number of urea groups is 1. The van der Waals surface area contributed by atoms with Gasteiger partial charge < -0.3 is 15.0 Å². The summed E-state index contributed by atoms with van der Waals surface area (Å²) in [5, 5.41) is 7.34. The summed E-state index contributed by atoms with van der Waals surface area (Å²) in [6.45, 7) is 3.28. The van der Waals surface area contributed by atoms with E-state index >= 15 is 0 Å². The smallest absolute Gasteiger partial charge is 0.322 e. The maximum atomic E-state index is 12.6. The summed E-state index contributed by atoms with van der Waals surface area (Å²) in [6.07, 6.45) is 1.77. The van der Waals surface area contributed by atoms with Crippen molar-refractivity contribution in [3.8, 4) is 5.88 Å². The zero-order chi connectivity index (χ0) is 16.4. The van der Waals surface area contributed by atoms with Crippen LogP contribution in [0.1, 0.15) is 23.2 Å². The van der Waals surface area contributed by atoms with Gasteiger partial charge in [-0.2, -0.15) is 0 Å². The van der Waals surface area contributed by atoms with E-state index in [1.807, 2.05) is 47.8 Å². The summed E-state index contributed by atoms with van der Waals surface area (Å²) in [6, 6.07) is 7.74. The molecule has 0 atom stereocenters. The number of methoxy groups -OCH3 is 1. The van der Waals surface area contributed by atoms with Gasteiger partial charge in [-0.3, -0.25) is 4.68 Å². The van der Waals surface area contributed by atoms with Crippen molar-refractivity contribution in [2.75, 3.05) is 19.0 Å². The van der Waals surface area contributed by atoms with Crippen LogP contribution in [0.4, 0.5) is 10.5 Å². The Hall–Kier alpha value is -2.50. The number of hydrogen-bond acceptors (Lipinski definition) is 3. The molecule has 1 aromatic carbocycles. The molecule has 2 amide bonds. The minimum Gasteiger partial charge on any atom is -0.480 e. The highest BCUT2D eigenvalue weighted by Gasteiger charge is 2.25. The largest absolute Gasteiger partial charge is 0.480 e. The van der Waals surface area contributed by atoms with E-state index in [1.165, 1.54) is 5.56 Å². The van der Waals surface area contributed by atoms with Crippen LogP contribution in [0.3, 0.4) is 0 Å². The number of anilines is 1. The molecule has 3 rings (SSSR count). The van der Waals surface area contributed by atoms with Crippen LogP contribution in [-0.4, -0.2) is 34.4 Å². The van der Waals surface area contributed by atoms with E-state index in [-0.39, 0.29) is 6.03 Å². The molecular formula is C17H22N4O2. The fraction of sp³-hybridized carbons (Fsp3) is 0.412. The molecule has 0 bridgehead atoms. The van der Waals surface area contributed by atoms with E-state index in [2.05, 4.69) is 10.4 Å². The fourth-order valence-electron chi connectivity index (χ4n) is 2.91. The molecule has 1 N–H and O–H groups in total. The molecule has 1 aliphatic heterocycles. The van der Waals surface area contributed by atoms with Crippen LogP contribution in [0.25, 0.3) is 0 Å². The molecular weight excluding hydrogens is 292 g/mol. The standard InChI is InChI=1S/C17H22N4O2/c1-12-6-8-13(9-7-12)18-17(22)21-10-4-5-14-15(11-21)20(2)19-16(14)23-3/h6-9H,4-5,10-11H2,1-3H3,(H,18,22). The summed E-state index contributed by atoms with van der Waals surface area (Å²) in [5.74, 6) is 0.670. The average molecular weight is 314 g/mol. The van der Waals surface area contributed by atoms with E-state index in [4.69, 9.17) is 4.74 Å². The monoisotopic (exact) mass is 314 g/mol. The van der Waals surface area contributed by atoms with Crippen LogP contribution >= 0.6 is 0 Å². The van der Waals surface area contributed by atoms with E-state index < -0.39 is 0 Å². The molecule has 23 heavy (non-hydrogen) atoms. The molecule has 2 heterocycles. The molecule has 2 aromatic rings. The first kappa shape index (κ1) is 15.4. The lowest BCUT2D eigenvalue weighted by atomic mass is 10.1. The van der Waals surface area contributed by atoms with Crippen LogP contribution in [0.15, 0.2) is 24.3 Å². The molecule has 0 spiro atoms. The first-order valence-electron chi connectivity index (χ1n) is 7.80. The molecule has 0 aliphatic carbocycles. The molecule has 1 aromatic heterocycles. The number of nitrogens with one attached hydrogen (secondary N) is 1. The number of hydrogen-bond donors (Lipinski definition) is 1. The lowest BCUT2D eigenvalue weighted by Crippen LogP contribution is -2.35. The van der Waals surface area contributed by atoms with Gasteiger partial charge in [0.25, 0.3) is 0 Å². The number of benzene rings is 1. The Bertz CT molecular complexity index is 706. The van der Waals surface area contributed by atoms with Crippen LogP contribution in [0.5, 0.6) is 5.88 Å². The molecule has 122 valence electrons. The topological polar surface area (TPSA) is 59.4 Å². The highest BCUT2D eigenvalue weighted by atomic mass is 16.5. The molecule has 0 saturated carbocycles. The van der Waals surface area contributed by atoms with Gasteiger partial charge in [-0.05, 0) is 31.9 Å². The van der Waals surface area contributed by atoms with Crippen molar-refractivity contribution >= 4 is 11.7 Å². The molecule has 0 saturated heterocycles. The number of carbonyl (C=O) groups is 1. The third-order valence-corrected chi connectivity index (χ3v) is 4.22. The number of nitrogens with zero attached hydrogens (tertiary/aromatic N) is 3. The Balaban J connectivity index is 1.76. The van der Waals surface area contributed by atoms with Crippen molar-refractivity contribution in [2.45, 2.75) is 26.3 Å². The van der Waals surface area contributed by atoms with Crippen LogP contribution in [0, 0.1) is 6.92 Å². The van der Waals surface area contributed by atoms with Gasteiger partial charge in [-0.15, -0.1) is 5.10 Å². The summed E-state index contributed by atoms with van der Waals surface area (Å²) in [7, 11) is 3.53. The van der Waals surface area contributed by atoms with Crippen molar-refractivity contribution in [1.29, 1.82) is 0 Å². The summed E-state index contributed by atoms with van der Waals surface area (Å²) in [5.41, 5.74) is 4.14. The molecule has 0 fully saturated rings. The zero-order valence-electron chi connectivity index (χ0n) is 13.8. The second-order valence-electron chi connectivity index (χ2n) is 5.88. The number of ether oxygens (including phenoxy) is 1. The van der Waals surface area contributed by atoms with Gasteiger partial charge in [0.05, 0.1) is 19.3 Å². The number of aryl methyl sites for hydroxylation is 2. The van der Waals surface area contributed by atoms with E-state index in [9.17, 15) is 4.79 Å². The number of amides is 2. The van der Waals surface area contributed by atoms with Crippen LogP contribution in [-0.2, 0) is 20.0 Å². The lowest BCUT2D eigenvalue weighted by molar-refractivity contribution is 0.208. The van der Waals surface area contributed by atoms with Gasteiger partial charge in [-0.1, -0.05) is 17.7 Å². The van der Waals surface area contributed by atoms with E-state index in [0.29, 0.717) is 12.4 Å². The second-order valence-corrected chi connectivity index (χ2v) is 5.88. The maximum Gasteiger partial charge on any atom is 0.322 e. The van der Waals surface area contributed by atoms with Crippen molar-refractivity contribution in [3.63, 3.8) is 0 Å². The first-order chi connectivity index (χ1) is 11.1. The number of rotatable bonds is 2. The van der Waals surface area contributed by atoms with Gasteiger partial charge >= 0.3 is 6.03 Å². The SMILES string of the molecule is COc1nn(C)c2c1CCCN(C(=O)Nc1ccc(C)cc1)C2. The highest BCUT2D eigenvalue weighted by molar-refractivity contribution is 5.89. The van der Waals surface area contributed by atoms with E-state index in [0.717, 1.165) is 36.3 Å². The van der Waals surface area contributed by atoms with Crippen molar-refractivity contribution in [2.24, 2.45) is 7.05 Å². The van der Waals surface area contributed by atoms with Gasteiger partial charge in [0.2, 0.25) is 5.88 Å².